The quantitative estimate of drug-likeness (QED) is 0.205. The van der Waals surface area contributed by atoms with Crippen molar-refractivity contribution in [1.29, 1.82) is 0 Å². The monoisotopic (exact) mass is 468 g/mol. The third kappa shape index (κ3) is 7.91. The van der Waals surface area contributed by atoms with Crippen LogP contribution in [0.1, 0.15) is 67.2 Å². The van der Waals surface area contributed by atoms with Gasteiger partial charge >= 0.3 is 5.97 Å². The molecule has 0 bridgehead atoms. The summed E-state index contributed by atoms with van der Waals surface area (Å²) >= 11 is 1.57. The Labute approximate surface area is 201 Å². The Hall–Kier alpha value is -3.38. The zero-order valence-corrected chi connectivity index (χ0v) is 17.6. The number of esters is 1. The highest BCUT2D eigenvalue weighted by Crippen LogP contribution is 2.30. The summed E-state index contributed by atoms with van der Waals surface area (Å²) in [4.78, 5) is 38.0. The molecule has 176 valence electrons. The van der Waals surface area contributed by atoms with Crippen LogP contribution in [0.2, 0.25) is 0 Å². The van der Waals surface area contributed by atoms with Gasteiger partial charge in [-0.25, -0.2) is 4.79 Å². The number of methoxy groups -OCH3 is 1. The summed E-state index contributed by atoms with van der Waals surface area (Å²) in [6.45, 7) is 2.77. The Morgan fingerprint density at radius 1 is 0.636 bits per heavy atom. The number of hydrogen-bond donors (Lipinski definition) is 0. The molecule has 0 saturated carbocycles. The summed E-state index contributed by atoms with van der Waals surface area (Å²) in [7, 11) is 1.62. The molecular weight excluding hydrogens is 436 g/mol. The third-order valence-electron chi connectivity index (χ3n) is 4.31. The maximum Gasteiger partial charge on any atom is 0.343 e. The van der Waals surface area contributed by atoms with Gasteiger partial charge in [0, 0.05) is 20.9 Å². The Bertz CT molecular complexity index is 1050. The molecule has 0 spiro atoms. The molecule has 0 heterocycles. The molecule has 6 heteroatoms. The Kier molecular flexibility index (Phi) is 11.9. The number of carbonyl (C=O) groups is 3. The fourth-order valence-corrected chi connectivity index (χ4v) is 3.49. The minimum atomic E-state index is -0.629. The zero-order valence-electron chi connectivity index (χ0n) is 16.8. The molecule has 33 heavy (non-hydrogen) atoms. The lowest BCUT2D eigenvalue weighted by Gasteiger charge is -2.08. The van der Waals surface area contributed by atoms with Crippen molar-refractivity contribution in [3.05, 3.63) is 83.4 Å². The molecule has 0 fully saturated rings. The molecule has 0 radical (unpaired) electrons. The van der Waals surface area contributed by atoms with Crippen LogP contribution in [0.4, 0.5) is 0 Å². The molecule has 0 N–H and O–H groups in total. The fraction of sp³-hybridized carbons (Fsp3) is 0.222. The molecule has 0 aliphatic carbocycles. The summed E-state index contributed by atoms with van der Waals surface area (Å²) in [6.07, 6.45) is 0. The van der Waals surface area contributed by atoms with E-state index in [2.05, 4.69) is 0 Å². The summed E-state index contributed by atoms with van der Waals surface area (Å²) in [5.41, 5.74) is 0.742. The van der Waals surface area contributed by atoms with E-state index in [0.717, 1.165) is 15.5 Å². The average Bonchev–Trinajstić information content (AvgIpc) is 2.75. The molecule has 0 amide bonds. The molecule has 0 atom stereocenters. The van der Waals surface area contributed by atoms with Gasteiger partial charge in [0.15, 0.2) is 11.6 Å². The minimum Gasteiger partial charge on any atom is -0.497 e. The fourth-order valence-electron chi connectivity index (χ4n) is 2.67. The molecule has 0 aliphatic heterocycles. The molecule has 0 unspecified atom stereocenters. The molecule has 0 saturated heterocycles. The molecule has 0 aliphatic rings. The van der Waals surface area contributed by atoms with Gasteiger partial charge in [-0.1, -0.05) is 34.0 Å². The molecular formula is C27H32O5S. The van der Waals surface area contributed by atoms with E-state index in [-0.39, 0.29) is 39.4 Å². The van der Waals surface area contributed by atoms with Gasteiger partial charge in [-0.3, -0.25) is 9.59 Å². The Balaban J connectivity index is 0.00000341. The predicted octanol–water partition coefficient (Wildman–Crippen LogP) is 7.38. The number of carbonyl (C=O) groups excluding carboxylic acids is 3. The van der Waals surface area contributed by atoms with Crippen LogP contribution in [0.5, 0.6) is 11.5 Å². The van der Waals surface area contributed by atoms with E-state index in [1.165, 1.54) is 32.0 Å². The molecule has 3 aromatic carbocycles. The van der Waals surface area contributed by atoms with E-state index < -0.39 is 5.97 Å². The first kappa shape index (κ1) is 29.6. The number of hydrogen-bond acceptors (Lipinski definition) is 6. The smallest absolute Gasteiger partial charge is 0.343 e. The number of ketones is 2. The van der Waals surface area contributed by atoms with Crippen LogP contribution >= 0.6 is 11.8 Å². The first-order valence-electron chi connectivity index (χ1n) is 9.17. The lowest BCUT2D eigenvalue weighted by Crippen LogP contribution is -2.11. The predicted molar refractivity (Wildman–Crippen MR) is 135 cm³/mol. The van der Waals surface area contributed by atoms with Crippen LogP contribution in [0.25, 0.3) is 0 Å². The number of benzene rings is 3. The molecule has 5 nitrogen and oxygen atoms in total. The van der Waals surface area contributed by atoms with Crippen LogP contribution < -0.4 is 9.47 Å². The largest absolute Gasteiger partial charge is 0.497 e. The second-order valence-electron chi connectivity index (χ2n) is 6.55. The van der Waals surface area contributed by atoms with Gasteiger partial charge in [0.25, 0.3) is 0 Å². The van der Waals surface area contributed by atoms with E-state index in [9.17, 15) is 14.4 Å². The molecule has 3 rings (SSSR count). The van der Waals surface area contributed by atoms with Crippen molar-refractivity contribution in [2.45, 2.75) is 45.9 Å². The minimum absolute atomic E-state index is 0. The highest BCUT2D eigenvalue weighted by atomic mass is 32.2. The lowest BCUT2D eigenvalue weighted by molar-refractivity contribution is 0.0734. The highest BCUT2D eigenvalue weighted by Gasteiger charge is 2.15. The van der Waals surface area contributed by atoms with Crippen molar-refractivity contribution < 1.29 is 23.9 Å². The Morgan fingerprint density at radius 2 is 1.03 bits per heavy atom. The number of Topliss-reactive ketones (excluding diaryl/α,β-unsaturated/α-hetero) is 2. The van der Waals surface area contributed by atoms with Gasteiger partial charge in [0.1, 0.15) is 11.5 Å². The molecule has 0 aromatic heterocycles. The van der Waals surface area contributed by atoms with E-state index in [4.69, 9.17) is 9.47 Å². The second-order valence-corrected chi connectivity index (χ2v) is 7.70. The lowest BCUT2D eigenvalue weighted by atomic mass is 10.0. The first-order chi connectivity index (χ1) is 14.4. The van der Waals surface area contributed by atoms with Gasteiger partial charge < -0.3 is 9.47 Å². The van der Waals surface area contributed by atoms with Gasteiger partial charge in [-0.15, -0.1) is 0 Å². The normalized spacial score (nSPS) is 9.42. The van der Waals surface area contributed by atoms with E-state index >= 15 is 0 Å². The summed E-state index contributed by atoms with van der Waals surface area (Å²) in [5, 5.41) is 0. The summed E-state index contributed by atoms with van der Waals surface area (Å²) in [6, 6.07) is 19.2. The van der Waals surface area contributed by atoms with E-state index in [1.807, 2.05) is 36.4 Å². The van der Waals surface area contributed by atoms with E-state index in [0.29, 0.717) is 16.9 Å². The maximum atomic E-state index is 12.5. The van der Waals surface area contributed by atoms with Crippen molar-refractivity contribution in [1.82, 2.24) is 0 Å². The topological polar surface area (TPSA) is 69.7 Å². The molecule has 3 aromatic rings. The van der Waals surface area contributed by atoms with Crippen LogP contribution in [0.15, 0.2) is 76.5 Å². The highest BCUT2D eigenvalue weighted by molar-refractivity contribution is 7.99. The van der Waals surface area contributed by atoms with Crippen LogP contribution in [-0.4, -0.2) is 24.6 Å². The zero-order chi connectivity index (χ0) is 21.7. The van der Waals surface area contributed by atoms with Gasteiger partial charge in [-0.05, 0) is 80.6 Å². The van der Waals surface area contributed by atoms with Crippen molar-refractivity contribution in [3.8, 4) is 11.5 Å². The summed E-state index contributed by atoms with van der Waals surface area (Å²) < 4.78 is 10.6. The van der Waals surface area contributed by atoms with Crippen molar-refractivity contribution in [3.63, 3.8) is 0 Å². The van der Waals surface area contributed by atoms with Crippen molar-refractivity contribution >= 4 is 29.3 Å². The second kappa shape index (κ2) is 13.2. The average molecular weight is 469 g/mol. The van der Waals surface area contributed by atoms with Crippen LogP contribution in [0, 0.1) is 0 Å². The Morgan fingerprint density at radius 3 is 1.42 bits per heavy atom. The van der Waals surface area contributed by atoms with Crippen LogP contribution in [-0.2, 0) is 0 Å². The van der Waals surface area contributed by atoms with Gasteiger partial charge in [0.05, 0.1) is 12.7 Å². The SMILES string of the molecule is C.C.C.COc1ccc(Sc2ccc(OC(=O)c3cc(C(C)=O)cc(C(C)=O)c3)cc2)cc1. The number of rotatable bonds is 7. The standard InChI is InChI=1S/C24H20O5S.3CH4/c1-15(25)17-12-18(16(2)26)14-19(13-17)24(27)29-21-6-10-23(11-7-21)30-22-8-4-20(28-3)5-9-22;;;/h4-14H,1-3H3;3*1H4. The third-order valence-corrected chi connectivity index (χ3v) is 5.33. The van der Waals surface area contributed by atoms with Crippen molar-refractivity contribution in [2.24, 2.45) is 0 Å². The van der Waals surface area contributed by atoms with Crippen LogP contribution in [0.3, 0.4) is 0 Å². The van der Waals surface area contributed by atoms with Gasteiger partial charge in [0.2, 0.25) is 0 Å². The van der Waals surface area contributed by atoms with Gasteiger partial charge in [-0.2, -0.15) is 0 Å². The first-order valence-corrected chi connectivity index (χ1v) is 9.98. The number of ether oxygens (including phenoxy) is 2. The van der Waals surface area contributed by atoms with E-state index in [1.54, 1.807) is 31.0 Å². The summed E-state index contributed by atoms with van der Waals surface area (Å²) in [5.74, 6) is 0.0790. The van der Waals surface area contributed by atoms with Crippen molar-refractivity contribution in [2.75, 3.05) is 7.11 Å². The maximum absolute atomic E-state index is 12.5.